The fourth-order valence-electron chi connectivity index (χ4n) is 1.54. The highest BCUT2D eigenvalue weighted by atomic mass is 16.5. The van der Waals surface area contributed by atoms with Crippen LogP contribution in [0.2, 0.25) is 0 Å². The van der Waals surface area contributed by atoms with E-state index in [1.165, 1.54) is 0 Å². The number of oxazole rings is 1. The number of anilines is 1. The number of rotatable bonds is 4. The molecule has 16 heavy (non-hydrogen) atoms. The first-order valence-electron chi connectivity index (χ1n) is 5.37. The van der Waals surface area contributed by atoms with Gasteiger partial charge in [0.2, 0.25) is 0 Å². The Morgan fingerprint density at radius 1 is 1.50 bits per heavy atom. The first-order chi connectivity index (χ1) is 7.69. The van der Waals surface area contributed by atoms with Crippen molar-refractivity contribution < 1.29 is 9.15 Å². The van der Waals surface area contributed by atoms with E-state index >= 15 is 0 Å². The molecule has 1 atom stereocenters. The Labute approximate surface area is 94.4 Å². The van der Waals surface area contributed by atoms with Crippen LogP contribution in [-0.2, 0) is 11.2 Å². The Kier molecular flexibility index (Phi) is 3.10. The van der Waals surface area contributed by atoms with Crippen LogP contribution in [-0.4, -0.2) is 18.2 Å². The summed E-state index contributed by atoms with van der Waals surface area (Å²) in [7, 11) is 1.71. The zero-order chi connectivity index (χ0) is 11.5. The number of methoxy groups -OCH3 is 1. The SMILES string of the molecule is COC(C)CCc1nc2ccc(N)cc2o1. The first kappa shape index (κ1) is 11.0. The maximum absolute atomic E-state index is 5.67. The van der Waals surface area contributed by atoms with Gasteiger partial charge in [0, 0.05) is 25.3 Å². The van der Waals surface area contributed by atoms with E-state index in [4.69, 9.17) is 14.9 Å². The normalized spacial score (nSPS) is 13.1. The quantitative estimate of drug-likeness (QED) is 0.803. The molecule has 0 aliphatic rings. The van der Waals surface area contributed by atoms with Gasteiger partial charge in [0.1, 0.15) is 5.52 Å². The molecule has 86 valence electrons. The Balaban J connectivity index is 2.13. The number of aromatic nitrogens is 1. The highest BCUT2D eigenvalue weighted by molar-refractivity contribution is 5.76. The highest BCUT2D eigenvalue weighted by Crippen LogP contribution is 2.19. The molecule has 4 nitrogen and oxygen atoms in total. The van der Waals surface area contributed by atoms with Gasteiger partial charge in [0.25, 0.3) is 0 Å². The lowest BCUT2D eigenvalue weighted by Crippen LogP contribution is -2.05. The number of nitrogen functional groups attached to an aromatic ring is 1. The number of nitrogens with two attached hydrogens (primary N) is 1. The topological polar surface area (TPSA) is 61.3 Å². The summed E-state index contributed by atoms with van der Waals surface area (Å²) in [5, 5.41) is 0. The summed E-state index contributed by atoms with van der Waals surface area (Å²) >= 11 is 0. The third-order valence-electron chi connectivity index (χ3n) is 2.62. The monoisotopic (exact) mass is 220 g/mol. The van der Waals surface area contributed by atoms with Crippen LogP contribution in [0.4, 0.5) is 5.69 Å². The number of ether oxygens (including phenoxy) is 1. The van der Waals surface area contributed by atoms with Crippen molar-refractivity contribution in [3.05, 3.63) is 24.1 Å². The molecule has 1 aromatic heterocycles. The Hall–Kier alpha value is -1.55. The molecule has 0 radical (unpaired) electrons. The summed E-state index contributed by atoms with van der Waals surface area (Å²) in [4.78, 5) is 4.38. The highest BCUT2D eigenvalue weighted by Gasteiger charge is 2.07. The Morgan fingerprint density at radius 2 is 2.31 bits per heavy atom. The van der Waals surface area contributed by atoms with E-state index in [1.807, 2.05) is 19.1 Å². The minimum absolute atomic E-state index is 0.222. The predicted octanol–water partition coefficient (Wildman–Crippen LogP) is 2.38. The van der Waals surface area contributed by atoms with E-state index in [0.717, 1.165) is 29.8 Å². The van der Waals surface area contributed by atoms with Crippen molar-refractivity contribution >= 4 is 16.8 Å². The van der Waals surface area contributed by atoms with E-state index < -0.39 is 0 Å². The van der Waals surface area contributed by atoms with Gasteiger partial charge in [-0.25, -0.2) is 4.98 Å². The molecule has 1 heterocycles. The summed E-state index contributed by atoms with van der Waals surface area (Å²) < 4.78 is 10.8. The molecule has 0 saturated heterocycles. The summed E-state index contributed by atoms with van der Waals surface area (Å²) in [6, 6.07) is 5.50. The standard InChI is InChI=1S/C12H16N2O2/c1-8(15-2)3-6-12-14-10-5-4-9(13)7-11(10)16-12/h4-5,7-8H,3,6,13H2,1-2H3. The third kappa shape index (κ3) is 2.33. The molecule has 2 N–H and O–H groups in total. The number of benzene rings is 1. The minimum atomic E-state index is 0.222. The molecule has 4 heteroatoms. The number of aryl methyl sites for hydroxylation is 1. The van der Waals surface area contributed by atoms with Crippen LogP contribution in [0.5, 0.6) is 0 Å². The van der Waals surface area contributed by atoms with E-state index in [0.29, 0.717) is 5.69 Å². The van der Waals surface area contributed by atoms with Crippen molar-refractivity contribution in [2.24, 2.45) is 0 Å². The molecular formula is C12H16N2O2. The van der Waals surface area contributed by atoms with Crippen LogP contribution in [0.1, 0.15) is 19.2 Å². The second kappa shape index (κ2) is 4.53. The van der Waals surface area contributed by atoms with Gasteiger partial charge in [-0.1, -0.05) is 0 Å². The van der Waals surface area contributed by atoms with Crippen LogP contribution < -0.4 is 5.73 Å². The summed E-state index contributed by atoms with van der Waals surface area (Å²) in [6.45, 7) is 2.03. The van der Waals surface area contributed by atoms with Crippen molar-refractivity contribution in [2.45, 2.75) is 25.9 Å². The molecule has 2 rings (SSSR count). The Bertz CT molecular complexity index is 479. The van der Waals surface area contributed by atoms with Gasteiger partial charge in [-0.3, -0.25) is 0 Å². The summed E-state index contributed by atoms with van der Waals surface area (Å²) in [5.74, 6) is 0.740. The van der Waals surface area contributed by atoms with E-state index in [9.17, 15) is 0 Å². The maximum Gasteiger partial charge on any atom is 0.195 e. The summed E-state index contributed by atoms with van der Waals surface area (Å²) in [5.41, 5.74) is 7.97. The number of hydrogen-bond donors (Lipinski definition) is 1. The average Bonchev–Trinajstić information content (AvgIpc) is 2.67. The van der Waals surface area contributed by atoms with E-state index in [2.05, 4.69) is 4.98 Å². The van der Waals surface area contributed by atoms with Crippen molar-refractivity contribution in [1.29, 1.82) is 0 Å². The van der Waals surface area contributed by atoms with Crippen LogP contribution in [0.25, 0.3) is 11.1 Å². The third-order valence-corrected chi connectivity index (χ3v) is 2.62. The maximum atomic E-state index is 5.67. The number of hydrogen-bond acceptors (Lipinski definition) is 4. The smallest absolute Gasteiger partial charge is 0.195 e. The van der Waals surface area contributed by atoms with E-state index in [1.54, 1.807) is 13.2 Å². The summed E-state index contributed by atoms with van der Waals surface area (Å²) in [6.07, 6.45) is 1.91. The molecule has 1 aromatic carbocycles. The van der Waals surface area contributed by atoms with Crippen LogP contribution >= 0.6 is 0 Å². The molecular weight excluding hydrogens is 204 g/mol. The van der Waals surface area contributed by atoms with Gasteiger partial charge >= 0.3 is 0 Å². The predicted molar refractivity (Wildman–Crippen MR) is 63.2 cm³/mol. The molecule has 0 saturated carbocycles. The van der Waals surface area contributed by atoms with Crippen molar-refractivity contribution in [2.75, 3.05) is 12.8 Å². The second-order valence-corrected chi connectivity index (χ2v) is 3.92. The fourth-order valence-corrected chi connectivity index (χ4v) is 1.54. The second-order valence-electron chi connectivity index (χ2n) is 3.92. The van der Waals surface area contributed by atoms with Gasteiger partial charge < -0.3 is 14.9 Å². The molecule has 2 aromatic rings. The Morgan fingerprint density at radius 3 is 3.06 bits per heavy atom. The average molecular weight is 220 g/mol. The van der Waals surface area contributed by atoms with Gasteiger partial charge in [-0.05, 0) is 25.5 Å². The van der Waals surface area contributed by atoms with Gasteiger partial charge in [-0.2, -0.15) is 0 Å². The van der Waals surface area contributed by atoms with Gasteiger partial charge in [0.05, 0.1) is 6.10 Å². The van der Waals surface area contributed by atoms with Crippen LogP contribution in [0.3, 0.4) is 0 Å². The van der Waals surface area contributed by atoms with Crippen LogP contribution in [0.15, 0.2) is 22.6 Å². The van der Waals surface area contributed by atoms with Gasteiger partial charge in [0.15, 0.2) is 11.5 Å². The molecule has 0 amide bonds. The van der Waals surface area contributed by atoms with Crippen molar-refractivity contribution in [3.8, 4) is 0 Å². The lowest BCUT2D eigenvalue weighted by atomic mass is 10.2. The minimum Gasteiger partial charge on any atom is -0.441 e. The number of fused-ring (bicyclic) bond motifs is 1. The molecule has 1 unspecified atom stereocenters. The van der Waals surface area contributed by atoms with E-state index in [-0.39, 0.29) is 6.10 Å². The zero-order valence-corrected chi connectivity index (χ0v) is 9.56. The lowest BCUT2D eigenvalue weighted by Gasteiger charge is -2.05. The van der Waals surface area contributed by atoms with Crippen LogP contribution in [0, 0.1) is 0 Å². The molecule has 0 aliphatic heterocycles. The first-order valence-corrected chi connectivity index (χ1v) is 5.37. The molecule has 0 aliphatic carbocycles. The molecule has 0 fully saturated rings. The zero-order valence-electron chi connectivity index (χ0n) is 9.56. The van der Waals surface area contributed by atoms with Gasteiger partial charge in [-0.15, -0.1) is 0 Å². The lowest BCUT2D eigenvalue weighted by molar-refractivity contribution is 0.109. The molecule has 0 bridgehead atoms. The number of nitrogens with zero attached hydrogens (tertiary/aromatic N) is 1. The molecule has 0 spiro atoms. The fraction of sp³-hybridized carbons (Fsp3) is 0.417. The largest absolute Gasteiger partial charge is 0.441 e. The van der Waals surface area contributed by atoms with Crippen molar-refractivity contribution in [1.82, 2.24) is 4.98 Å². The van der Waals surface area contributed by atoms with Crippen molar-refractivity contribution in [3.63, 3.8) is 0 Å².